The van der Waals surface area contributed by atoms with Gasteiger partial charge < -0.3 is 15.5 Å². The second-order valence-corrected chi connectivity index (χ2v) is 7.12. The second-order valence-electron chi connectivity index (χ2n) is 7.12. The lowest BCUT2D eigenvalue weighted by molar-refractivity contribution is -0.120. The van der Waals surface area contributed by atoms with Crippen molar-refractivity contribution in [2.24, 2.45) is 0 Å². The molecule has 0 bridgehead atoms. The average molecular weight is 392 g/mol. The Morgan fingerprint density at radius 3 is 2.18 bits per heavy atom. The Bertz CT molecular complexity index is 480. The minimum absolute atomic E-state index is 0.00276. The van der Waals surface area contributed by atoms with Gasteiger partial charge in [-0.1, -0.05) is 87.6 Å². The van der Waals surface area contributed by atoms with Crippen molar-refractivity contribution >= 4 is 5.91 Å². The fourth-order valence-electron chi connectivity index (χ4n) is 2.68. The van der Waals surface area contributed by atoms with E-state index in [4.69, 9.17) is 0 Å². The summed E-state index contributed by atoms with van der Waals surface area (Å²) in [5.74, 6) is -0.00276. The van der Waals surface area contributed by atoms with Gasteiger partial charge in [-0.25, -0.2) is 0 Å². The van der Waals surface area contributed by atoms with Crippen LogP contribution in [-0.4, -0.2) is 35.4 Å². The van der Waals surface area contributed by atoms with Crippen LogP contribution < -0.4 is 5.32 Å². The minimum Gasteiger partial charge on any atom is -0.389 e. The number of aliphatic hydroxyl groups excluding tert-OH is 2. The molecule has 0 heterocycles. The van der Waals surface area contributed by atoms with Gasteiger partial charge in [0.2, 0.25) is 5.91 Å². The molecule has 0 radical (unpaired) electrons. The fourth-order valence-corrected chi connectivity index (χ4v) is 2.68. The highest BCUT2D eigenvalue weighted by molar-refractivity contribution is 5.75. The minimum atomic E-state index is -0.541. The van der Waals surface area contributed by atoms with E-state index in [-0.39, 0.29) is 5.91 Å². The van der Waals surface area contributed by atoms with Crippen molar-refractivity contribution in [1.29, 1.82) is 0 Å². The van der Waals surface area contributed by atoms with Gasteiger partial charge in [0.1, 0.15) is 0 Å². The van der Waals surface area contributed by atoms with E-state index < -0.39 is 12.2 Å². The maximum absolute atomic E-state index is 11.1. The SMILES string of the molecule is CCCCCCCC/C=C\CC(O)/C=C/C=C/C=C/C(O)CCCC(=O)NC. The average Bonchev–Trinajstić information content (AvgIpc) is 2.69. The smallest absolute Gasteiger partial charge is 0.219 e. The Morgan fingerprint density at radius 1 is 0.857 bits per heavy atom. The van der Waals surface area contributed by atoms with Crippen molar-refractivity contribution < 1.29 is 15.0 Å². The number of nitrogens with one attached hydrogen (secondary N) is 1. The molecule has 160 valence electrons. The van der Waals surface area contributed by atoms with Gasteiger partial charge in [0.15, 0.2) is 0 Å². The van der Waals surface area contributed by atoms with Gasteiger partial charge in [-0.2, -0.15) is 0 Å². The molecule has 0 aliphatic carbocycles. The normalized spacial score (nSPS) is 14.6. The topological polar surface area (TPSA) is 69.6 Å². The predicted octanol–water partition coefficient (Wildman–Crippen LogP) is 4.99. The van der Waals surface area contributed by atoms with Crippen LogP contribution in [0.4, 0.5) is 0 Å². The second kappa shape index (κ2) is 20.1. The molecular weight excluding hydrogens is 350 g/mol. The van der Waals surface area contributed by atoms with Crippen LogP contribution in [0.1, 0.15) is 77.6 Å². The Morgan fingerprint density at radius 2 is 1.50 bits per heavy atom. The summed E-state index contributed by atoms with van der Waals surface area (Å²) in [5.41, 5.74) is 0. The Kier molecular flexibility index (Phi) is 18.9. The number of hydrogen-bond donors (Lipinski definition) is 3. The number of aliphatic hydroxyl groups is 2. The molecule has 2 atom stereocenters. The molecule has 0 fully saturated rings. The first-order chi connectivity index (χ1) is 13.6. The zero-order chi connectivity index (χ0) is 20.9. The number of carbonyl (C=O) groups excluding carboxylic acids is 1. The van der Waals surface area contributed by atoms with Gasteiger partial charge in [-0.15, -0.1) is 0 Å². The van der Waals surface area contributed by atoms with Crippen molar-refractivity contribution in [1.82, 2.24) is 5.32 Å². The number of rotatable bonds is 17. The summed E-state index contributed by atoms with van der Waals surface area (Å²) in [7, 11) is 1.61. The van der Waals surface area contributed by atoms with Crippen LogP contribution in [0.5, 0.6) is 0 Å². The Labute approximate surface area is 172 Å². The van der Waals surface area contributed by atoms with Gasteiger partial charge in [0, 0.05) is 13.5 Å². The van der Waals surface area contributed by atoms with Crippen LogP contribution in [0.15, 0.2) is 48.6 Å². The Hall–Kier alpha value is -1.65. The summed E-state index contributed by atoms with van der Waals surface area (Å²) >= 11 is 0. The molecule has 2 unspecified atom stereocenters. The van der Waals surface area contributed by atoms with Crippen molar-refractivity contribution in [3.8, 4) is 0 Å². The molecule has 0 aliphatic rings. The van der Waals surface area contributed by atoms with Gasteiger partial charge in [-0.3, -0.25) is 4.79 Å². The first kappa shape index (κ1) is 26.4. The zero-order valence-electron chi connectivity index (χ0n) is 17.9. The first-order valence-corrected chi connectivity index (χ1v) is 10.8. The zero-order valence-corrected chi connectivity index (χ0v) is 17.9. The van der Waals surface area contributed by atoms with Crippen molar-refractivity contribution in [2.45, 2.75) is 89.8 Å². The molecule has 1 amide bonds. The number of allylic oxidation sites excluding steroid dienone is 5. The van der Waals surface area contributed by atoms with E-state index in [2.05, 4.69) is 24.4 Å². The highest BCUT2D eigenvalue weighted by Gasteiger charge is 2.01. The van der Waals surface area contributed by atoms with Gasteiger partial charge in [0.25, 0.3) is 0 Å². The summed E-state index contributed by atoms with van der Waals surface area (Å²) in [6.45, 7) is 2.24. The number of carbonyl (C=O) groups is 1. The third kappa shape index (κ3) is 19.1. The number of amides is 1. The molecule has 0 aromatic heterocycles. The Balaban J connectivity index is 3.75. The van der Waals surface area contributed by atoms with Crippen molar-refractivity contribution in [2.75, 3.05) is 7.05 Å². The van der Waals surface area contributed by atoms with E-state index in [0.29, 0.717) is 25.7 Å². The molecule has 0 aliphatic heterocycles. The van der Waals surface area contributed by atoms with E-state index in [0.717, 1.165) is 6.42 Å². The highest BCUT2D eigenvalue weighted by Crippen LogP contribution is 2.08. The van der Waals surface area contributed by atoms with Crippen LogP contribution in [0.2, 0.25) is 0 Å². The van der Waals surface area contributed by atoms with E-state index in [1.54, 1.807) is 25.3 Å². The molecule has 0 rings (SSSR count). The summed E-state index contributed by atoms with van der Waals surface area (Å²) in [6, 6.07) is 0. The quantitative estimate of drug-likeness (QED) is 0.186. The van der Waals surface area contributed by atoms with E-state index >= 15 is 0 Å². The summed E-state index contributed by atoms with van der Waals surface area (Å²) in [6.07, 6.45) is 25.2. The van der Waals surface area contributed by atoms with Crippen molar-refractivity contribution in [3.05, 3.63) is 48.6 Å². The summed E-state index contributed by atoms with van der Waals surface area (Å²) < 4.78 is 0. The molecule has 4 nitrogen and oxygen atoms in total. The molecule has 0 saturated carbocycles. The third-order valence-corrected chi connectivity index (χ3v) is 4.45. The highest BCUT2D eigenvalue weighted by atomic mass is 16.3. The molecule has 0 saturated heterocycles. The van der Waals surface area contributed by atoms with Crippen LogP contribution in [0, 0.1) is 0 Å². The largest absolute Gasteiger partial charge is 0.389 e. The first-order valence-electron chi connectivity index (χ1n) is 10.8. The summed E-state index contributed by atoms with van der Waals surface area (Å²) in [5, 5.41) is 22.2. The molecule has 4 heteroatoms. The number of hydrogen-bond acceptors (Lipinski definition) is 3. The van der Waals surface area contributed by atoms with E-state index in [9.17, 15) is 15.0 Å². The lowest BCUT2D eigenvalue weighted by Crippen LogP contribution is -2.17. The lowest BCUT2D eigenvalue weighted by atomic mass is 10.1. The van der Waals surface area contributed by atoms with Gasteiger partial charge in [-0.05, 0) is 32.1 Å². The van der Waals surface area contributed by atoms with Crippen LogP contribution in [0.25, 0.3) is 0 Å². The van der Waals surface area contributed by atoms with E-state index in [1.807, 2.05) is 18.2 Å². The maximum atomic E-state index is 11.1. The van der Waals surface area contributed by atoms with Crippen molar-refractivity contribution in [3.63, 3.8) is 0 Å². The molecule has 0 aromatic rings. The monoisotopic (exact) mass is 391 g/mol. The maximum Gasteiger partial charge on any atom is 0.219 e. The molecule has 3 N–H and O–H groups in total. The molecular formula is C24H41NO3. The standard InChI is InChI=1S/C24H41NO3/c1-3-4-5-6-7-8-9-10-13-17-22(26)18-14-11-12-15-19-23(27)20-16-21-24(28)25-2/h10-15,18-19,22-23,26-27H,3-9,16-17,20-21H2,1-2H3,(H,25,28)/b12-11+,13-10-,18-14+,19-15+. The van der Waals surface area contributed by atoms with Gasteiger partial charge in [0.05, 0.1) is 12.2 Å². The molecule has 0 spiro atoms. The predicted molar refractivity (Wildman–Crippen MR) is 119 cm³/mol. The summed E-state index contributed by atoms with van der Waals surface area (Å²) in [4.78, 5) is 11.1. The van der Waals surface area contributed by atoms with Crippen LogP contribution >= 0.6 is 0 Å². The molecule has 0 aromatic carbocycles. The van der Waals surface area contributed by atoms with Crippen LogP contribution in [-0.2, 0) is 4.79 Å². The molecule has 28 heavy (non-hydrogen) atoms. The lowest BCUT2D eigenvalue weighted by Gasteiger charge is -2.04. The van der Waals surface area contributed by atoms with Gasteiger partial charge >= 0.3 is 0 Å². The van der Waals surface area contributed by atoms with E-state index in [1.165, 1.54) is 38.5 Å². The van der Waals surface area contributed by atoms with Crippen LogP contribution in [0.3, 0.4) is 0 Å². The third-order valence-electron chi connectivity index (χ3n) is 4.45. The number of unbranched alkanes of at least 4 members (excludes halogenated alkanes) is 6. The fraction of sp³-hybridized carbons (Fsp3) is 0.625.